The SMILES string of the molecule is CC(CO)N(C)c1ccc(C(F)(F)F)cc1C(=N)N. The van der Waals surface area contributed by atoms with Crippen molar-refractivity contribution >= 4 is 11.5 Å². The van der Waals surface area contributed by atoms with Crippen molar-refractivity contribution in [1.82, 2.24) is 0 Å². The number of nitrogen functional groups attached to an aromatic ring is 1. The zero-order valence-electron chi connectivity index (χ0n) is 10.6. The largest absolute Gasteiger partial charge is 0.416 e. The number of hydrogen-bond acceptors (Lipinski definition) is 3. The molecule has 106 valence electrons. The lowest BCUT2D eigenvalue weighted by Crippen LogP contribution is -2.33. The third kappa shape index (κ3) is 3.37. The fourth-order valence-electron chi connectivity index (χ4n) is 1.60. The van der Waals surface area contributed by atoms with Gasteiger partial charge in [-0.2, -0.15) is 13.2 Å². The Morgan fingerprint density at radius 1 is 1.47 bits per heavy atom. The summed E-state index contributed by atoms with van der Waals surface area (Å²) in [5, 5.41) is 16.5. The molecule has 1 rings (SSSR count). The Bertz CT molecular complexity index is 474. The van der Waals surface area contributed by atoms with Gasteiger partial charge in [0.15, 0.2) is 0 Å². The molecule has 1 unspecified atom stereocenters. The molecule has 0 spiro atoms. The number of nitrogens with two attached hydrogens (primary N) is 1. The number of halogens is 3. The van der Waals surface area contributed by atoms with E-state index in [1.165, 1.54) is 6.07 Å². The minimum absolute atomic E-state index is 0.00220. The van der Waals surface area contributed by atoms with E-state index in [1.807, 2.05) is 0 Å². The van der Waals surface area contributed by atoms with Crippen LogP contribution in [-0.2, 0) is 6.18 Å². The zero-order chi connectivity index (χ0) is 14.8. The molecule has 1 atom stereocenters. The molecule has 0 aromatic heterocycles. The van der Waals surface area contributed by atoms with Crippen LogP contribution in [0.1, 0.15) is 18.1 Å². The van der Waals surface area contributed by atoms with E-state index in [4.69, 9.17) is 16.2 Å². The lowest BCUT2D eigenvalue weighted by atomic mass is 10.1. The molecule has 0 radical (unpaired) electrons. The maximum absolute atomic E-state index is 12.6. The van der Waals surface area contributed by atoms with E-state index in [1.54, 1.807) is 18.9 Å². The van der Waals surface area contributed by atoms with Crippen LogP contribution < -0.4 is 10.6 Å². The van der Waals surface area contributed by atoms with Crippen LogP contribution in [0.3, 0.4) is 0 Å². The van der Waals surface area contributed by atoms with Crippen LogP contribution in [0.4, 0.5) is 18.9 Å². The molecule has 1 aromatic carbocycles. The summed E-state index contributed by atoms with van der Waals surface area (Å²) in [4.78, 5) is 1.58. The highest BCUT2D eigenvalue weighted by Gasteiger charge is 2.31. The van der Waals surface area contributed by atoms with Crippen molar-refractivity contribution in [3.8, 4) is 0 Å². The first-order valence-corrected chi connectivity index (χ1v) is 5.57. The smallest absolute Gasteiger partial charge is 0.394 e. The average Bonchev–Trinajstić information content (AvgIpc) is 2.35. The third-order valence-corrected chi connectivity index (χ3v) is 2.92. The van der Waals surface area contributed by atoms with Crippen molar-refractivity contribution in [2.75, 3.05) is 18.6 Å². The number of likely N-dealkylation sites (N-methyl/N-ethyl adjacent to an activating group) is 1. The van der Waals surface area contributed by atoms with Gasteiger partial charge in [-0.1, -0.05) is 0 Å². The molecule has 0 saturated heterocycles. The Morgan fingerprint density at radius 2 is 2.05 bits per heavy atom. The van der Waals surface area contributed by atoms with E-state index in [2.05, 4.69) is 0 Å². The Labute approximate surface area is 109 Å². The van der Waals surface area contributed by atoms with E-state index in [9.17, 15) is 13.2 Å². The number of hydrogen-bond donors (Lipinski definition) is 3. The summed E-state index contributed by atoms with van der Waals surface area (Å²) in [7, 11) is 1.62. The van der Waals surface area contributed by atoms with Gasteiger partial charge in [0.25, 0.3) is 0 Å². The third-order valence-electron chi connectivity index (χ3n) is 2.92. The van der Waals surface area contributed by atoms with Gasteiger partial charge in [0.1, 0.15) is 5.84 Å². The second-order valence-electron chi connectivity index (χ2n) is 4.29. The minimum Gasteiger partial charge on any atom is -0.394 e. The monoisotopic (exact) mass is 275 g/mol. The van der Waals surface area contributed by atoms with Gasteiger partial charge in [0, 0.05) is 24.3 Å². The van der Waals surface area contributed by atoms with Crippen LogP contribution in [-0.4, -0.2) is 30.6 Å². The lowest BCUT2D eigenvalue weighted by Gasteiger charge is -2.28. The van der Waals surface area contributed by atoms with Crippen LogP contribution in [0.2, 0.25) is 0 Å². The predicted octanol–water partition coefficient (Wildman–Crippen LogP) is 1.81. The van der Waals surface area contributed by atoms with E-state index in [0.717, 1.165) is 12.1 Å². The van der Waals surface area contributed by atoms with E-state index in [0.29, 0.717) is 5.69 Å². The van der Waals surface area contributed by atoms with Gasteiger partial charge < -0.3 is 15.7 Å². The van der Waals surface area contributed by atoms with Crippen LogP contribution in [0, 0.1) is 5.41 Å². The number of amidine groups is 1. The maximum atomic E-state index is 12.6. The first-order valence-electron chi connectivity index (χ1n) is 5.57. The average molecular weight is 275 g/mol. The summed E-state index contributed by atoms with van der Waals surface area (Å²) in [6.07, 6.45) is -4.48. The maximum Gasteiger partial charge on any atom is 0.416 e. The number of rotatable bonds is 4. The molecule has 0 aliphatic carbocycles. The molecule has 4 N–H and O–H groups in total. The van der Waals surface area contributed by atoms with Crippen molar-refractivity contribution in [3.05, 3.63) is 29.3 Å². The first-order chi connectivity index (χ1) is 8.68. The molecule has 1 aromatic rings. The number of nitrogens with one attached hydrogen (secondary N) is 1. The molecule has 0 saturated carbocycles. The van der Waals surface area contributed by atoms with Gasteiger partial charge in [-0.25, -0.2) is 0 Å². The van der Waals surface area contributed by atoms with Crippen LogP contribution >= 0.6 is 0 Å². The fourth-order valence-corrected chi connectivity index (χ4v) is 1.60. The van der Waals surface area contributed by atoms with Crippen molar-refractivity contribution < 1.29 is 18.3 Å². The molecule has 0 heterocycles. The molecular weight excluding hydrogens is 259 g/mol. The summed E-state index contributed by atoms with van der Waals surface area (Å²) < 4.78 is 37.9. The van der Waals surface area contributed by atoms with Crippen molar-refractivity contribution in [2.24, 2.45) is 5.73 Å². The number of anilines is 1. The molecule has 4 nitrogen and oxygen atoms in total. The molecular formula is C12H16F3N3O. The quantitative estimate of drug-likeness (QED) is 0.579. The van der Waals surface area contributed by atoms with Gasteiger partial charge in [-0.05, 0) is 25.1 Å². The van der Waals surface area contributed by atoms with Gasteiger partial charge >= 0.3 is 6.18 Å². The highest BCUT2D eigenvalue weighted by Crippen LogP contribution is 2.32. The van der Waals surface area contributed by atoms with Gasteiger partial charge in [-0.3, -0.25) is 5.41 Å². The van der Waals surface area contributed by atoms with E-state index in [-0.39, 0.29) is 18.2 Å². The van der Waals surface area contributed by atoms with Crippen LogP contribution in [0.5, 0.6) is 0 Å². The minimum atomic E-state index is -4.48. The Hall–Kier alpha value is -1.76. The molecule has 7 heteroatoms. The highest BCUT2D eigenvalue weighted by molar-refractivity contribution is 6.00. The predicted molar refractivity (Wildman–Crippen MR) is 67.4 cm³/mol. The van der Waals surface area contributed by atoms with E-state index < -0.39 is 17.6 Å². The number of aliphatic hydroxyl groups excluding tert-OH is 1. The van der Waals surface area contributed by atoms with Gasteiger partial charge in [0.2, 0.25) is 0 Å². The fraction of sp³-hybridized carbons (Fsp3) is 0.417. The highest BCUT2D eigenvalue weighted by atomic mass is 19.4. The first kappa shape index (κ1) is 15.3. The Morgan fingerprint density at radius 3 is 2.47 bits per heavy atom. The van der Waals surface area contributed by atoms with Crippen molar-refractivity contribution in [1.29, 1.82) is 5.41 Å². The second kappa shape index (κ2) is 5.48. The number of alkyl halides is 3. The Kier molecular flexibility index (Phi) is 4.41. The van der Waals surface area contributed by atoms with Gasteiger partial charge in [0.05, 0.1) is 12.2 Å². The molecule has 0 amide bonds. The standard InChI is InChI=1S/C12H16F3N3O/c1-7(6-19)18(2)10-4-3-8(12(13,14)15)5-9(10)11(16)17/h3-5,7,19H,6H2,1-2H3,(H3,16,17). The number of aliphatic hydroxyl groups is 1. The van der Waals surface area contributed by atoms with Crippen LogP contribution in [0.25, 0.3) is 0 Å². The number of benzene rings is 1. The van der Waals surface area contributed by atoms with Crippen molar-refractivity contribution in [3.63, 3.8) is 0 Å². The topological polar surface area (TPSA) is 73.3 Å². The van der Waals surface area contributed by atoms with Crippen LogP contribution in [0.15, 0.2) is 18.2 Å². The summed E-state index contributed by atoms with van der Waals surface area (Å²) in [6.45, 7) is 1.55. The summed E-state index contributed by atoms with van der Waals surface area (Å²) in [6, 6.07) is 2.74. The zero-order valence-corrected chi connectivity index (χ0v) is 10.6. The molecule has 0 aliphatic heterocycles. The molecule has 0 bridgehead atoms. The lowest BCUT2D eigenvalue weighted by molar-refractivity contribution is -0.137. The Balaban J connectivity index is 3.31. The van der Waals surface area contributed by atoms with E-state index >= 15 is 0 Å². The summed E-state index contributed by atoms with van der Waals surface area (Å²) in [5.41, 5.74) is 4.85. The summed E-state index contributed by atoms with van der Waals surface area (Å²) >= 11 is 0. The normalized spacial score (nSPS) is 13.2. The second-order valence-corrected chi connectivity index (χ2v) is 4.29. The molecule has 0 fully saturated rings. The summed E-state index contributed by atoms with van der Waals surface area (Å²) in [5.74, 6) is -0.446. The number of nitrogens with zero attached hydrogens (tertiary/aromatic N) is 1. The van der Waals surface area contributed by atoms with Crippen molar-refractivity contribution in [2.45, 2.75) is 19.1 Å². The molecule has 0 aliphatic rings. The molecule has 19 heavy (non-hydrogen) atoms. The van der Waals surface area contributed by atoms with Gasteiger partial charge in [-0.15, -0.1) is 0 Å².